The third kappa shape index (κ3) is 3.40. The molecule has 2 saturated heterocycles. The second-order valence-corrected chi connectivity index (χ2v) is 6.41. The van der Waals surface area contributed by atoms with Crippen LogP contribution in [0.1, 0.15) is 39.0 Å². The van der Waals surface area contributed by atoms with E-state index >= 15 is 0 Å². The maximum atomic E-state index is 12.4. The monoisotopic (exact) mass is 294 g/mol. The largest absolute Gasteiger partial charge is 0.347 e. The highest BCUT2D eigenvalue weighted by atomic mass is 16.7. The first kappa shape index (κ1) is 14.9. The normalized spacial score (nSPS) is 32.1. The van der Waals surface area contributed by atoms with Crippen molar-refractivity contribution in [2.24, 2.45) is 5.92 Å². The molecule has 3 rings (SSSR count). The van der Waals surface area contributed by atoms with Gasteiger partial charge in [-0.25, -0.2) is 4.79 Å². The quantitative estimate of drug-likeness (QED) is 0.795. The van der Waals surface area contributed by atoms with Gasteiger partial charge in [0.05, 0.1) is 13.2 Å². The molecule has 5 heteroatoms. The molecule has 1 aliphatic carbocycles. The zero-order chi connectivity index (χ0) is 14.7. The Labute approximate surface area is 126 Å². The van der Waals surface area contributed by atoms with Crippen LogP contribution in [0.4, 0.5) is 4.79 Å². The zero-order valence-electron chi connectivity index (χ0n) is 12.8. The van der Waals surface area contributed by atoms with E-state index in [1.54, 1.807) is 0 Å². The van der Waals surface area contributed by atoms with Crippen LogP contribution in [0.3, 0.4) is 0 Å². The Kier molecular flexibility index (Phi) is 4.50. The summed E-state index contributed by atoms with van der Waals surface area (Å²) in [5.41, 5.74) is 0. The van der Waals surface area contributed by atoms with Gasteiger partial charge in [0, 0.05) is 25.0 Å². The van der Waals surface area contributed by atoms with Crippen LogP contribution in [0.5, 0.6) is 0 Å². The lowest BCUT2D eigenvalue weighted by Crippen LogP contribution is -2.52. The predicted octanol–water partition coefficient (Wildman–Crippen LogP) is 2.28. The lowest BCUT2D eigenvalue weighted by molar-refractivity contribution is -0.189. The second-order valence-electron chi connectivity index (χ2n) is 6.41. The fraction of sp³-hybridized carbons (Fsp3) is 0.812. The number of carbonyl (C=O) groups excluding carboxylic acids is 1. The maximum Gasteiger partial charge on any atom is 0.317 e. The Morgan fingerprint density at radius 3 is 2.81 bits per heavy atom. The van der Waals surface area contributed by atoms with Gasteiger partial charge < -0.3 is 19.7 Å². The number of allylic oxidation sites excluding steroid dienone is 1. The topological polar surface area (TPSA) is 50.8 Å². The number of nitrogens with zero attached hydrogens (tertiary/aromatic N) is 1. The molecule has 0 aromatic carbocycles. The van der Waals surface area contributed by atoms with Crippen LogP contribution in [0, 0.1) is 5.92 Å². The van der Waals surface area contributed by atoms with Crippen LogP contribution < -0.4 is 5.32 Å². The first-order valence-electron chi connectivity index (χ1n) is 8.17. The average molecular weight is 294 g/mol. The van der Waals surface area contributed by atoms with Gasteiger partial charge in [0.2, 0.25) is 0 Å². The lowest BCUT2D eigenvalue weighted by Gasteiger charge is -2.40. The number of hydrogen-bond acceptors (Lipinski definition) is 3. The summed E-state index contributed by atoms with van der Waals surface area (Å²) in [7, 11) is 0. The molecule has 118 valence electrons. The number of hydrogen-bond donors (Lipinski definition) is 1. The summed E-state index contributed by atoms with van der Waals surface area (Å²) >= 11 is 0. The molecule has 0 aromatic rings. The van der Waals surface area contributed by atoms with Crippen molar-refractivity contribution in [3.8, 4) is 0 Å². The first-order valence-corrected chi connectivity index (χ1v) is 8.17. The van der Waals surface area contributed by atoms with Crippen molar-refractivity contribution in [3.63, 3.8) is 0 Å². The number of ether oxygens (including phenoxy) is 2. The van der Waals surface area contributed by atoms with E-state index in [1.807, 2.05) is 11.8 Å². The third-order valence-corrected chi connectivity index (χ3v) is 4.87. The van der Waals surface area contributed by atoms with Gasteiger partial charge in [-0.2, -0.15) is 0 Å². The molecule has 0 bridgehead atoms. The van der Waals surface area contributed by atoms with Gasteiger partial charge in [-0.3, -0.25) is 0 Å². The van der Waals surface area contributed by atoms with Crippen LogP contribution in [-0.2, 0) is 9.47 Å². The highest BCUT2D eigenvalue weighted by molar-refractivity contribution is 5.75. The first-order chi connectivity index (χ1) is 10.2. The predicted molar refractivity (Wildman–Crippen MR) is 79.9 cm³/mol. The Hall–Kier alpha value is -1.07. The third-order valence-electron chi connectivity index (χ3n) is 4.87. The molecule has 0 radical (unpaired) electrons. The molecule has 2 amide bonds. The Morgan fingerprint density at radius 2 is 2.10 bits per heavy atom. The van der Waals surface area contributed by atoms with Crippen molar-refractivity contribution in [1.82, 2.24) is 10.2 Å². The van der Waals surface area contributed by atoms with Gasteiger partial charge in [-0.15, -0.1) is 0 Å². The molecule has 0 spiro atoms. The van der Waals surface area contributed by atoms with Crippen LogP contribution >= 0.6 is 0 Å². The van der Waals surface area contributed by atoms with Crippen molar-refractivity contribution in [1.29, 1.82) is 0 Å². The molecule has 0 aromatic heterocycles. The van der Waals surface area contributed by atoms with E-state index in [4.69, 9.17) is 9.47 Å². The Morgan fingerprint density at radius 1 is 1.29 bits per heavy atom. The lowest BCUT2D eigenvalue weighted by atomic mass is 9.90. The smallest absolute Gasteiger partial charge is 0.317 e. The molecular weight excluding hydrogens is 268 g/mol. The Bertz CT molecular complexity index is 404. The molecule has 2 atom stereocenters. The number of piperidine rings is 1. The molecule has 3 aliphatic rings. The minimum Gasteiger partial charge on any atom is -0.347 e. The number of urea groups is 1. The number of nitrogens with one attached hydrogen (secondary N) is 1. The second kappa shape index (κ2) is 6.36. The highest BCUT2D eigenvalue weighted by Crippen LogP contribution is 2.34. The number of amides is 2. The van der Waals surface area contributed by atoms with Gasteiger partial charge in [-0.1, -0.05) is 12.2 Å². The summed E-state index contributed by atoms with van der Waals surface area (Å²) in [5.74, 6) is -0.245. The highest BCUT2D eigenvalue weighted by Gasteiger charge is 2.42. The van der Waals surface area contributed by atoms with Crippen LogP contribution in [0.25, 0.3) is 0 Å². The van der Waals surface area contributed by atoms with Crippen molar-refractivity contribution in [2.45, 2.75) is 50.9 Å². The molecule has 21 heavy (non-hydrogen) atoms. The van der Waals surface area contributed by atoms with Gasteiger partial charge >= 0.3 is 6.03 Å². The molecule has 1 N–H and O–H groups in total. The van der Waals surface area contributed by atoms with E-state index in [0.29, 0.717) is 13.2 Å². The zero-order valence-corrected chi connectivity index (χ0v) is 12.8. The average Bonchev–Trinajstić information content (AvgIpc) is 2.97. The number of rotatable bonds is 2. The van der Waals surface area contributed by atoms with E-state index in [-0.39, 0.29) is 18.0 Å². The molecule has 0 unspecified atom stereocenters. The summed E-state index contributed by atoms with van der Waals surface area (Å²) in [5, 5.41) is 3.13. The fourth-order valence-electron chi connectivity index (χ4n) is 3.54. The maximum absolute atomic E-state index is 12.4. The van der Waals surface area contributed by atoms with Crippen molar-refractivity contribution < 1.29 is 14.3 Å². The van der Waals surface area contributed by atoms with Gasteiger partial charge in [0.1, 0.15) is 0 Å². The molecule has 2 heterocycles. The van der Waals surface area contributed by atoms with Crippen LogP contribution in [-0.4, -0.2) is 49.1 Å². The summed E-state index contributed by atoms with van der Waals surface area (Å²) in [4.78, 5) is 14.4. The Balaban J connectivity index is 1.56. The molecular formula is C16H26N2O3. The van der Waals surface area contributed by atoms with E-state index in [0.717, 1.165) is 45.2 Å². The minimum atomic E-state index is -0.510. The minimum absolute atomic E-state index is 0.0536. The summed E-state index contributed by atoms with van der Waals surface area (Å²) in [6.07, 6.45) is 9.69. The van der Waals surface area contributed by atoms with Crippen LogP contribution in [0.15, 0.2) is 12.2 Å². The van der Waals surface area contributed by atoms with Crippen LogP contribution in [0.2, 0.25) is 0 Å². The standard InChI is InChI=1S/C16H26N2O3/c1-16(20-10-11-21-16)13-6-5-9-18(12-13)15(19)17-14-7-3-2-4-8-14/h3,7,13-14H,2,4-6,8-12H2,1H3,(H,17,19)/t13-,14-/m1/s1. The molecule has 2 fully saturated rings. The molecule has 2 aliphatic heterocycles. The number of carbonyl (C=O) groups is 1. The summed E-state index contributed by atoms with van der Waals surface area (Å²) in [6, 6.07) is 0.249. The van der Waals surface area contributed by atoms with E-state index in [9.17, 15) is 4.79 Å². The SMILES string of the molecule is CC1([C@@H]2CCCN(C(=O)N[C@@H]3C=CCCC3)C2)OCCO1. The van der Waals surface area contributed by atoms with Crippen molar-refractivity contribution in [2.75, 3.05) is 26.3 Å². The van der Waals surface area contributed by atoms with Gasteiger partial charge in [0.25, 0.3) is 0 Å². The molecule has 5 nitrogen and oxygen atoms in total. The van der Waals surface area contributed by atoms with E-state index in [1.165, 1.54) is 0 Å². The van der Waals surface area contributed by atoms with Crippen molar-refractivity contribution >= 4 is 6.03 Å². The van der Waals surface area contributed by atoms with E-state index < -0.39 is 5.79 Å². The summed E-state index contributed by atoms with van der Waals surface area (Å²) in [6.45, 7) is 4.88. The van der Waals surface area contributed by atoms with E-state index in [2.05, 4.69) is 17.5 Å². The summed E-state index contributed by atoms with van der Waals surface area (Å²) < 4.78 is 11.5. The van der Waals surface area contributed by atoms with Gasteiger partial charge in [-0.05, 0) is 39.0 Å². The number of likely N-dealkylation sites (tertiary alicyclic amines) is 1. The van der Waals surface area contributed by atoms with Crippen molar-refractivity contribution in [3.05, 3.63) is 12.2 Å². The fourth-order valence-corrected chi connectivity index (χ4v) is 3.54. The molecule has 0 saturated carbocycles. The van der Waals surface area contributed by atoms with Gasteiger partial charge in [0.15, 0.2) is 5.79 Å².